The molecule has 4 nitrogen and oxygen atoms in total. The minimum atomic E-state index is -0.191. The van der Waals surface area contributed by atoms with Crippen LogP contribution in [-0.4, -0.2) is 10.9 Å². The van der Waals surface area contributed by atoms with Crippen LogP contribution in [0, 0.1) is 11.3 Å². The number of hydrogen-bond donors (Lipinski definition) is 1. The number of nitrogens with zero attached hydrogens (tertiary/aromatic N) is 2. The van der Waals surface area contributed by atoms with Crippen LogP contribution < -0.4 is 5.32 Å². The van der Waals surface area contributed by atoms with E-state index in [1.165, 1.54) is 17.5 Å². The highest BCUT2D eigenvalue weighted by molar-refractivity contribution is 7.16. The fraction of sp³-hybridized carbons (Fsp3) is 0. The molecule has 0 radical (unpaired) electrons. The second kappa shape index (κ2) is 4.21. The molecule has 74 valence electrons. The molecule has 2 aromatic heterocycles. The predicted octanol–water partition coefficient (Wildman–Crippen LogP) is 2.33. The van der Waals surface area contributed by atoms with Gasteiger partial charge >= 0.3 is 0 Å². The first-order chi connectivity index (χ1) is 7.29. The monoisotopic (exact) mass is 235 g/mol. The molecule has 0 atom stereocenters. The Balaban J connectivity index is 2.10. The molecule has 15 heavy (non-hydrogen) atoms. The number of hydrogen-bond acceptors (Lipinski definition) is 5. The largest absolute Gasteiger partial charge is 0.297 e. The van der Waals surface area contributed by atoms with Gasteiger partial charge in [-0.25, -0.2) is 4.98 Å². The van der Waals surface area contributed by atoms with Crippen LogP contribution >= 0.6 is 22.7 Å². The second-order valence-electron chi connectivity index (χ2n) is 2.57. The van der Waals surface area contributed by atoms with E-state index >= 15 is 0 Å². The molecule has 0 aromatic carbocycles. The van der Waals surface area contributed by atoms with Crippen molar-refractivity contribution in [1.82, 2.24) is 4.98 Å². The molecular formula is C9H5N3OS2. The summed E-state index contributed by atoms with van der Waals surface area (Å²) in [6.07, 6.45) is 1.44. The van der Waals surface area contributed by atoms with Crippen molar-refractivity contribution in [3.8, 4) is 6.07 Å². The highest BCUT2D eigenvalue weighted by Crippen LogP contribution is 2.18. The molecule has 0 bridgehead atoms. The van der Waals surface area contributed by atoms with E-state index in [-0.39, 0.29) is 5.91 Å². The molecule has 0 aliphatic heterocycles. The molecule has 0 saturated heterocycles. The van der Waals surface area contributed by atoms with Crippen LogP contribution in [-0.2, 0) is 0 Å². The second-order valence-corrected chi connectivity index (χ2v) is 4.55. The molecule has 1 N–H and O–H groups in total. The lowest BCUT2D eigenvalue weighted by molar-refractivity contribution is 0.103. The van der Waals surface area contributed by atoms with E-state index in [4.69, 9.17) is 5.26 Å². The van der Waals surface area contributed by atoms with E-state index in [2.05, 4.69) is 10.3 Å². The maximum Gasteiger partial charge on any atom is 0.267 e. The zero-order valence-electron chi connectivity index (χ0n) is 7.43. The first-order valence-corrected chi connectivity index (χ1v) is 5.70. The Morgan fingerprint density at radius 1 is 1.60 bits per heavy atom. The standard InChI is InChI=1S/C9H5N3OS2/c10-4-6-5-11-9(15-6)12-8(13)7-2-1-3-14-7/h1-3,5H,(H,11,12,13). The smallest absolute Gasteiger partial charge is 0.267 e. The Kier molecular flexibility index (Phi) is 2.76. The zero-order chi connectivity index (χ0) is 10.7. The van der Waals surface area contributed by atoms with Crippen LogP contribution in [0.4, 0.5) is 5.13 Å². The molecule has 2 aromatic rings. The van der Waals surface area contributed by atoms with Crippen molar-refractivity contribution >= 4 is 33.7 Å². The van der Waals surface area contributed by atoms with Crippen molar-refractivity contribution in [2.75, 3.05) is 5.32 Å². The molecule has 0 aliphatic rings. The average Bonchev–Trinajstić information content (AvgIpc) is 2.87. The minimum Gasteiger partial charge on any atom is -0.297 e. The van der Waals surface area contributed by atoms with E-state index < -0.39 is 0 Å². The summed E-state index contributed by atoms with van der Waals surface area (Å²) in [4.78, 5) is 16.6. The summed E-state index contributed by atoms with van der Waals surface area (Å²) in [6, 6.07) is 5.51. The Morgan fingerprint density at radius 2 is 2.47 bits per heavy atom. The van der Waals surface area contributed by atoms with Gasteiger partial charge in [-0.2, -0.15) is 5.26 Å². The average molecular weight is 235 g/mol. The molecule has 0 unspecified atom stereocenters. The van der Waals surface area contributed by atoms with E-state index in [0.29, 0.717) is 14.9 Å². The number of anilines is 1. The van der Waals surface area contributed by atoms with Crippen molar-refractivity contribution in [1.29, 1.82) is 5.26 Å². The fourth-order valence-electron chi connectivity index (χ4n) is 0.950. The summed E-state index contributed by atoms with van der Waals surface area (Å²) in [5.74, 6) is -0.191. The van der Waals surface area contributed by atoms with E-state index in [1.54, 1.807) is 6.07 Å². The minimum absolute atomic E-state index is 0.191. The molecule has 0 fully saturated rings. The van der Waals surface area contributed by atoms with Gasteiger partial charge in [-0.05, 0) is 11.4 Å². The molecule has 0 saturated carbocycles. The van der Waals surface area contributed by atoms with Crippen LogP contribution in [0.25, 0.3) is 0 Å². The van der Waals surface area contributed by atoms with Crippen molar-refractivity contribution in [3.05, 3.63) is 33.5 Å². The van der Waals surface area contributed by atoms with Crippen molar-refractivity contribution in [3.63, 3.8) is 0 Å². The highest BCUT2D eigenvalue weighted by Gasteiger charge is 2.09. The van der Waals surface area contributed by atoms with Crippen LogP contribution in [0.3, 0.4) is 0 Å². The van der Waals surface area contributed by atoms with Gasteiger partial charge in [0.15, 0.2) is 5.13 Å². The molecule has 0 aliphatic carbocycles. The third-order valence-electron chi connectivity index (χ3n) is 1.58. The molecule has 0 spiro atoms. The number of nitriles is 1. The van der Waals surface area contributed by atoms with Crippen molar-refractivity contribution in [2.24, 2.45) is 0 Å². The maximum absolute atomic E-state index is 11.6. The van der Waals surface area contributed by atoms with Gasteiger partial charge in [0, 0.05) is 0 Å². The number of aromatic nitrogens is 1. The first kappa shape index (κ1) is 9.83. The summed E-state index contributed by atoms with van der Waals surface area (Å²) in [7, 11) is 0. The Hall–Kier alpha value is -1.71. The molecule has 6 heteroatoms. The Morgan fingerprint density at radius 3 is 3.07 bits per heavy atom. The SMILES string of the molecule is N#Cc1cnc(NC(=O)c2cccs2)s1. The molecule has 1 amide bonds. The van der Waals surface area contributed by atoms with E-state index in [9.17, 15) is 4.79 Å². The molecular weight excluding hydrogens is 230 g/mol. The van der Waals surface area contributed by atoms with Gasteiger partial charge in [0.1, 0.15) is 10.9 Å². The first-order valence-electron chi connectivity index (χ1n) is 4.00. The molecule has 2 rings (SSSR count). The van der Waals surface area contributed by atoms with Gasteiger partial charge in [-0.1, -0.05) is 17.4 Å². The van der Waals surface area contributed by atoms with Gasteiger partial charge < -0.3 is 0 Å². The van der Waals surface area contributed by atoms with Crippen molar-refractivity contribution in [2.45, 2.75) is 0 Å². The fourth-order valence-corrected chi connectivity index (χ4v) is 2.18. The van der Waals surface area contributed by atoms with Crippen LogP contribution in [0.1, 0.15) is 14.5 Å². The lowest BCUT2D eigenvalue weighted by Gasteiger charge is -1.96. The summed E-state index contributed by atoms with van der Waals surface area (Å²) in [6.45, 7) is 0. The Labute approximate surface area is 93.8 Å². The Bertz CT molecular complexity index is 510. The van der Waals surface area contributed by atoms with Crippen LogP contribution in [0.2, 0.25) is 0 Å². The van der Waals surface area contributed by atoms with Gasteiger partial charge in [-0.15, -0.1) is 11.3 Å². The lowest BCUT2D eigenvalue weighted by atomic mass is 10.4. The van der Waals surface area contributed by atoms with Gasteiger partial charge in [0.25, 0.3) is 5.91 Å². The van der Waals surface area contributed by atoms with Crippen LogP contribution in [0.5, 0.6) is 0 Å². The lowest BCUT2D eigenvalue weighted by Crippen LogP contribution is -2.09. The van der Waals surface area contributed by atoms with E-state index in [1.807, 2.05) is 17.5 Å². The number of amides is 1. The number of carbonyl (C=O) groups is 1. The highest BCUT2D eigenvalue weighted by atomic mass is 32.1. The third-order valence-corrected chi connectivity index (χ3v) is 3.27. The quantitative estimate of drug-likeness (QED) is 0.868. The van der Waals surface area contributed by atoms with Crippen molar-refractivity contribution < 1.29 is 4.79 Å². The summed E-state index contributed by atoms with van der Waals surface area (Å²) >= 11 is 2.52. The van der Waals surface area contributed by atoms with Gasteiger partial charge in [0.05, 0.1) is 11.1 Å². The molecule has 2 heterocycles. The van der Waals surface area contributed by atoms with E-state index in [0.717, 1.165) is 11.3 Å². The summed E-state index contributed by atoms with van der Waals surface area (Å²) in [5, 5.41) is 13.5. The number of nitrogens with one attached hydrogen (secondary N) is 1. The van der Waals surface area contributed by atoms with Crippen LogP contribution in [0.15, 0.2) is 23.7 Å². The van der Waals surface area contributed by atoms with Gasteiger partial charge in [-0.3, -0.25) is 10.1 Å². The normalized spacial score (nSPS) is 9.53. The number of carbonyl (C=O) groups excluding carboxylic acids is 1. The van der Waals surface area contributed by atoms with Gasteiger partial charge in [0.2, 0.25) is 0 Å². The zero-order valence-corrected chi connectivity index (χ0v) is 9.06. The summed E-state index contributed by atoms with van der Waals surface area (Å²) < 4.78 is 0. The predicted molar refractivity (Wildman–Crippen MR) is 59.1 cm³/mol. The topological polar surface area (TPSA) is 65.8 Å². The number of rotatable bonds is 2. The third kappa shape index (κ3) is 2.21. The summed E-state index contributed by atoms with van der Waals surface area (Å²) in [5.41, 5.74) is 0. The maximum atomic E-state index is 11.6. The number of thiophene rings is 1. The number of thiazole rings is 1.